The zero-order valence-electron chi connectivity index (χ0n) is 8.84. The van der Waals surface area contributed by atoms with Crippen LogP contribution < -0.4 is 0 Å². The fraction of sp³-hybridized carbons (Fsp3) is 1.00. The van der Waals surface area contributed by atoms with Gasteiger partial charge in [0.1, 0.15) is 0 Å². The molecule has 1 heteroatoms. The summed E-state index contributed by atoms with van der Waals surface area (Å²) in [5, 5.41) is 9.46. The predicted molar refractivity (Wildman–Crippen MR) is 54.2 cm³/mol. The van der Waals surface area contributed by atoms with Gasteiger partial charge in [-0.05, 0) is 18.8 Å². The molecule has 0 aliphatic carbocycles. The molecule has 0 amide bonds. The Morgan fingerprint density at radius 2 is 1.75 bits per heavy atom. The quantitative estimate of drug-likeness (QED) is 0.624. The number of rotatable bonds is 7. The van der Waals surface area contributed by atoms with Crippen molar-refractivity contribution in [3.05, 3.63) is 0 Å². The predicted octanol–water partition coefficient (Wildman–Crippen LogP) is 3.36. The van der Waals surface area contributed by atoms with Crippen molar-refractivity contribution in [3.63, 3.8) is 0 Å². The Kier molecular flexibility index (Phi) is 7.58. The van der Waals surface area contributed by atoms with Crippen LogP contribution in [0.1, 0.15) is 59.3 Å². The maximum atomic E-state index is 9.46. The molecule has 0 aliphatic heterocycles. The first kappa shape index (κ1) is 12.0. The summed E-state index contributed by atoms with van der Waals surface area (Å²) in [5.41, 5.74) is 0. The lowest BCUT2D eigenvalue weighted by Gasteiger charge is -2.17. The second-order valence-electron chi connectivity index (χ2n) is 3.71. The van der Waals surface area contributed by atoms with Crippen LogP contribution in [-0.2, 0) is 0 Å². The smallest absolute Gasteiger partial charge is 0.0540 e. The van der Waals surface area contributed by atoms with Crippen LogP contribution in [0.15, 0.2) is 0 Å². The van der Waals surface area contributed by atoms with Crippen molar-refractivity contribution in [1.29, 1.82) is 0 Å². The van der Waals surface area contributed by atoms with Crippen LogP contribution in [-0.4, -0.2) is 11.2 Å². The van der Waals surface area contributed by atoms with Gasteiger partial charge in [-0.15, -0.1) is 0 Å². The van der Waals surface area contributed by atoms with Gasteiger partial charge in [-0.2, -0.15) is 0 Å². The molecule has 0 spiro atoms. The van der Waals surface area contributed by atoms with Crippen molar-refractivity contribution in [2.75, 3.05) is 0 Å². The summed E-state index contributed by atoms with van der Waals surface area (Å²) < 4.78 is 0. The molecule has 1 N–H and O–H groups in total. The Bertz CT molecular complexity index is 91.0. The fourth-order valence-electron chi connectivity index (χ4n) is 1.53. The van der Waals surface area contributed by atoms with Gasteiger partial charge in [0, 0.05) is 0 Å². The normalized spacial score (nSPS) is 16.0. The topological polar surface area (TPSA) is 20.2 Å². The maximum absolute atomic E-state index is 9.46. The highest BCUT2D eigenvalue weighted by atomic mass is 16.3. The molecule has 0 fully saturated rings. The van der Waals surface area contributed by atoms with Crippen molar-refractivity contribution in [1.82, 2.24) is 0 Å². The van der Waals surface area contributed by atoms with Gasteiger partial charge in [-0.1, -0.05) is 46.5 Å². The van der Waals surface area contributed by atoms with E-state index in [9.17, 15) is 5.11 Å². The van der Waals surface area contributed by atoms with Crippen molar-refractivity contribution >= 4 is 0 Å². The monoisotopic (exact) mass is 172 g/mol. The minimum atomic E-state index is -0.0631. The van der Waals surface area contributed by atoms with Crippen molar-refractivity contribution in [2.45, 2.75) is 65.4 Å². The lowest BCUT2D eigenvalue weighted by molar-refractivity contribution is 0.133. The van der Waals surface area contributed by atoms with Gasteiger partial charge < -0.3 is 5.11 Å². The first-order valence-electron chi connectivity index (χ1n) is 5.42. The zero-order chi connectivity index (χ0) is 9.40. The SMILES string of the molecule is CCCC[C@@H](CC)C[C@H](O)CC. The molecule has 0 aromatic carbocycles. The molecule has 0 heterocycles. The van der Waals surface area contributed by atoms with Gasteiger partial charge in [0.05, 0.1) is 6.10 Å². The number of aliphatic hydroxyl groups excluding tert-OH is 1. The molecule has 1 nitrogen and oxygen atoms in total. The van der Waals surface area contributed by atoms with Gasteiger partial charge in [0.15, 0.2) is 0 Å². The molecule has 74 valence electrons. The highest BCUT2D eigenvalue weighted by Crippen LogP contribution is 2.19. The van der Waals surface area contributed by atoms with E-state index in [1.165, 1.54) is 25.7 Å². The molecule has 0 unspecified atom stereocenters. The third-order valence-electron chi connectivity index (χ3n) is 2.62. The number of unbranched alkanes of at least 4 members (excludes halogenated alkanes) is 1. The molecule has 0 aromatic rings. The largest absolute Gasteiger partial charge is 0.393 e. The van der Waals surface area contributed by atoms with Crippen molar-refractivity contribution in [2.24, 2.45) is 5.92 Å². The highest BCUT2D eigenvalue weighted by Gasteiger charge is 2.10. The van der Waals surface area contributed by atoms with Crippen LogP contribution in [0.25, 0.3) is 0 Å². The van der Waals surface area contributed by atoms with E-state index < -0.39 is 0 Å². The van der Waals surface area contributed by atoms with Crippen LogP contribution in [0.2, 0.25) is 0 Å². The standard InChI is InChI=1S/C11H24O/c1-4-7-8-10(5-2)9-11(12)6-3/h10-12H,4-9H2,1-3H3/t10-,11-/m1/s1. The second-order valence-corrected chi connectivity index (χ2v) is 3.71. The Hall–Kier alpha value is -0.0400. The summed E-state index contributed by atoms with van der Waals surface area (Å²) in [6.07, 6.45) is 6.96. The van der Waals surface area contributed by atoms with Gasteiger partial charge in [0.25, 0.3) is 0 Å². The zero-order valence-corrected chi connectivity index (χ0v) is 8.84. The summed E-state index contributed by atoms with van der Waals surface area (Å²) in [6.45, 7) is 6.50. The van der Waals surface area contributed by atoms with E-state index in [4.69, 9.17) is 0 Å². The molecule has 0 rings (SSSR count). The Morgan fingerprint density at radius 3 is 2.17 bits per heavy atom. The lowest BCUT2D eigenvalue weighted by atomic mass is 9.92. The van der Waals surface area contributed by atoms with Crippen LogP contribution in [0.3, 0.4) is 0 Å². The van der Waals surface area contributed by atoms with E-state index in [-0.39, 0.29) is 6.10 Å². The van der Waals surface area contributed by atoms with Crippen molar-refractivity contribution in [3.8, 4) is 0 Å². The average molecular weight is 172 g/mol. The molecule has 12 heavy (non-hydrogen) atoms. The Morgan fingerprint density at radius 1 is 1.08 bits per heavy atom. The summed E-state index contributed by atoms with van der Waals surface area (Å²) in [7, 11) is 0. The molecule has 0 bridgehead atoms. The molecule has 0 aromatic heterocycles. The molecule has 0 aliphatic rings. The first-order valence-corrected chi connectivity index (χ1v) is 5.42. The first-order chi connectivity index (χ1) is 5.74. The van der Waals surface area contributed by atoms with Gasteiger partial charge in [-0.25, -0.2) is 0 Å². The van der Waals surface area contributed by atoms with Crippen LogP contribution >= 0.6 is 0 Å². The van der Waals surface area contributed by atoms with E-state index in [0.29, 0.717) is 0 Å². The van der Waals surface area contributed by atoms with E-state index in [1.807, 2.05) is 0 Å². The van der Waals surface area contributed by atoms with Gasteiger partial charge >= 0.3 is 0 Å². The van der Waals surface area contributed by atoms with Crippen molar-refractivity contribution < 1.29 is 5.11 Å². The number of aliphatic hydroxyl groups is 1. The number of hydrogen-bond acceptors (Lipinski definition) is 1. The highest BCUT2D eigenvalue weighted by molar-refractivity contribution is 4.62. The summed E-state index contributed by atoms with van der Waals surface area (Å²) in [5.74, 6) is 0.750. The number of hydrogen-bond donors (Lipinski definition) is 1. The summed E-state index contributed by atoms with van der Waals surface area (Å²) >= 11 is 0. The minimum Gasteiger partial charge on any atom is -0.393 e. The summed E-state index contributed by atoms with van der Waals surface area (Å²) in [6, 6.07) is 0. The van der Waals surface area contributed by atoms with Gasteiger partial charge in [-0.3, -0.25) is 0 Å². The Labute approximate surface area is 77.2 Å². The van der Waals surface area contributed by atoms with Gasteiger partial charge in [0.2, 0.25) is 0 Å². The van der Waals surface area contributed by atoms with E-state index in [1.54, 1.807) is 0 Å². The summed E-state index contributed by atoms with van der Waals surface area (Å²) in [4.78, 5) is 0. The van der Waals surface area contributed by atoms with Crippen LogP contribution in [0.5, 0.6) is 0 Å². The third-order valence-corrected chi connectivity index (χ3v) is 2.62. The lowest BCUT2D eigenvalue weighted by Crippen LogP contribution is -2.12. The maximum Gasteiger partial charge on any atom is 0.0540 e. The average Bonchev–Trinajstić information content (AvgIpc) is 2.11. The molecule has 0 saturated heterocycles. The Balaban J connectivity index is 3.51. The van der Waals surface area contributed by atoms with E-state index in [2.05, 4.69) is 20.8 Å². The fourth-order valence-corrected chi connectivity index (χ4v) is 1.53. The molecular formula is C11H24O. The second kappa shape index (κ2) is 7.60. The molecular weight excluding hydrogens is 148 g/mol. The molecule has 2 atom stereocenters. The van der Waals surface area contributed by atoms with E-state index >= 15 is 0 Å². The van der Waals surface area contributed by atoms with E-state index in [0.717, 1.165) is 18.8 Å². The minimum absolute atomic E-state index is 0.0631. The molecule has 0 saturated carbocycles. The van der Waals surface area contributed by atoms with Crippen LogP contribution in [0, 0.1) is 5.92 Å². The third kappa shape index (κ3) is 5.59. The van der Waals surface area contributed by atoms with Crippen LogP contribution in [0.4, 0.5) is 0 Å². The molecule has 0 radical (unpaired) electrons.